The molecule has 1 heterocycles. The minimum atomic E-state index is -1.00. The van der Waals surface area contributed by atoms with E-state index in [2.05, 4.69) is 0 Å². The van der Waals surface area contributed by atoms with E-state index in [9.17, 15) is 14.4 Å². The molecule has 0 spiro atoms. The van der Waals surface area contributed by atoms with E-state index < -0.39 is 5.97 Å². The van der Waals surface area contributed by atoms with Crippen molar-refractivity contribution in [2.24, 2.45) is 5.92 Å². The largest absolute Gasteiger partial charge is 0.480 e. The number of hydrogen-bond acceptors (Lipinski definition) is 5. The van der Waals surface area contributed by atoms with E-state index in [4.69, 9.17) is 9.84 Å². The fourth-order valence-corrected chi connectivity index (χ4v) is 2.96. The minimum absolute atomic E-state index is 0.0359. The molecule has 25 heavy (non-hydrogen) atoms. The SMILES string of the molecule is CCOC(=O)[C@H]1CCCN(C(=O)CN(CC(=O)O)c2ccccc2)C1. The van der Waals surface area contributed by atoms with Crippen LogP contribution in [-0.2, 0) is 19.1 Å². The predicted molar refractivity (Wildman–Crippen MR) is 92.2 cm³/mol. The zero-order valence-corrected chi connectivity index (χ0v) is 14.4. The second-order valence-electron chi connectivity index (χ2n) is 6.02. The summed E-state index contributed by atoms with van der Waals surface area (Å²) in [6.07, 6.45) is 1.44. The second kappa shape index (κ2) is 9.05. The zero-order valence-electron chi connectivity index (χ0n) is 14.4. The lowest BCUT2D eigenvalue weighted by Gasteiger charge is -2.33. The van der Waals surface area contributed by atoms with E-state index in [1.807, 2.05) is 6.07 Å². The van der Waals surface area contributed by atoms with Crippen molar-refractivity contribution in [3.05, 3.63) is 30.3 Å². The number of carboxylic acids is 1. The van der Waals surface area contributed by atoms with Gasteiger partial charge < -0.3 is 19.6 Å². The van der Waals surface area contributed by atoms with Crippen LogP contribution in [0.15, 0.2) is 30.3 Å². The van der Waals surface area contributed by atoms with Crippen LogP contribution < -0.4 is 4.90 Å². The number of carbonyl (C=O) groups excluding carboxylic acids is 2. The van der Waals surface area contributed by atoms with Crippen LogP contribution in [0.4, 0.5) is 5.69 Å². The van der Waals surface area contributed by atoms with Gasteiger partial charge in [0.2, 0.25) is 5.91 Å². The maximum Gasteiger partial charge on any atom is 0.323 e. The molecular weight excluding hydrogens is 324 g/mol. The maximum absolute atomic E-state index is 12.6. The lowest BCUT2D eigenvalue weighted by atomic mass is 9.98. The van der Waals surface area contributed by atoms with Gasteiger partial charge in [-0.05, 0) is 31.9 Å². The highest BCUT2D eigenvalue weighted by Crippen LogP contribution is 2.19. The third-order valence-corrected chi connectivity index (χ3v) is 4.17. The fourth-order valence-electron chi connectivity index (χ4n) is 2.96. The van der Waals surface area contributed by atoms with Crippen molar-refractivity contribution < 1.29 is 24.2 Å². The Kier molecular flexibility index (Phi) is 6.80. The quantitative estimate of drug-likeness (QED) is 0.749. The molecule has 0 bridgehead atoms. The molecule has 1 fully saturated rings. The first kappa shape index (κ1) is 18.8. The molecule has 1 aromatic carbocycles. The van der Waals surface area contributed by atoms with E-state index in [0.29, 0.717) is 31.8 Å². The molecule has 7 nitrogen and oxygen atoms in total. The van der Waals surface area contributed by atoms with Crippen molar-refractivity contribution in [2.75, 3.05) is 37.7 Å². The van der Waals surface area contributed by atoms with Crippen LogP contribution in [-0.4, -0.2) is 60.6 Å². The van der Waals surface area contributed by atoms with Crippen molar-refractivity contribution in [1.29, 1.82) is 0 Å². The van der Waals surface area contributed by atoms with Gasteiger partial charge in [0.15, 0.2) is 0 Å². The number of carboxylic acid groups (broad SMARTS) is 1. The summed E-state index contributed by atoms with van der Waals surface area (Å²) >= 11 is 0. The van der Waals surface area contributed by atoms with Gasteiger partial charge in [0, 0.05) is 18.8 Å². The lowest BCUT2D eigenvalue weighted by Crippen LogP contribution is -2.47. The van der Waals surface area contributed by atoms with Crippen LogP contribution in [0, 0.1) is 5.92 Å². The summed E-state index contributed by atoms with van der Waals surface area (Å²) in [5, 5.41) is 9.11. The Bertz CT molecular complexity index is 605. The number of amides is 1. The van der Waals surface area contributed by atoms with Crippen molar-refractivity contribution in [2.45, 2.75) is 19.8 Å². The number of aliphatic carboxylic acids is 1. The van der Waals surface area contributed by atoms with Gasteiger partial charge in [0.05, 0.1) is 19.1 Å². The van der Waals surface area contributed by atoms with Crippen LogP contribution in [0.3, 0.4) is 0 Å². The number of para-hydroxylation sites is 1. The molecule has 0 aromatic heterocycles. The van der Waals surface area contributed by atoms with Crippen molar-refractivity contribution in [3.63, 3.8) is 0 Å². The summed E-state index contributed by atoms with van der Waals surface area (Å²) in [4.78, 5) is 38.8. The molecule has 7 heteroatoms. The highest BCUT2D eigenvalue weighted by molar-refractivity contribution is 5.85. The van der Waals surface area contributed by atoms with Crippen molar-refractivity contribution in [1.82, 2.24) is 4.90 Å². The van der Waals surface area contributed by atoms with Crippen LogP contribution in [0.5, 0.6) is 0 Å². The Morgan fingerprint density at radius 2 is 1.96 bits per heavy atom. The molecule has 0 radical (unpaired) electrons. The highest BCUT2D eigenvalue weighted by atomic mass is 16.5. The summed E-state index contributed by atoms with van der Waals surface area (Å²) in [6.45, 7) is 2.69. The van der Waals surface area contributed by atoms with Gasteiger partial charge in [-0.15, -0.1) is 0 Å². The number of esters is 1. The standard InChI is InChI=1S/C18H24N2O5/c1-2-25-18(24)14-7-6-10-19(11-14)16(21)12-20(13-17(22)23)15-8-4-3-5-9-15/h3-5,8-9,14H,2,6-7,10-13H2,1H3,(H,22,23)/t14-/m0/s1. The molecule has 0 aliphatic carbocycles. The molecule has 1 N–H and O–H groups in total. The third kappa shape index (κ3) is 5.48. The van der Waals surface area contributed by atoms with Crippen LogP contribution in [0.2, 0.25) is 0 Å². The summed E-state index contributed by atoms with van der Waals surface area (Å²) in [6, 6.07) is 8.97. The first-order valence-electron chi connectivity index (χ1n) is 8.47. The lowest BCUT2D eigenvalue weighted by molar-refractivity contribution is -0.151. The Labute approximate surface area is 147 Å². The van der Waals surface area contributed by atoms with Crippen molar-refractivity contribution >= 4 is 23.5 Å². The molecule has 1 saturated heterocycles. The number of benzene rings is 1. The minimum Gasteiger partial charge on any atom is -0.480 e. The summed E-state index contributed by atoms with van der Waals surface area (Å²) in [5.41, 5.74) is 0.678. The Morgan fingerprint density at radius 3 is 2.60 bits per heavy atom. The van der Waals surface area contributed by atoms with E-state index in [0.717, 1.165) is 6.42 Å². The molecular formula is C18H24N2O5. The predicted octanol–water partition coefficient (Wildman–Crippen LogP) is 1.38. The van der Waals surface area contributed by atoms with Gasteiger partial charge in [-0.2, -0.15) is 0 Å². The third-order valence-electron chi connectivity index (χ3n) is 4.17. The van der Waals surface area contributed by atoms with E-state index in [1.54, 1.807) is 36.1 Å². The van der Waals surface area contributed by atoms with Crippen LogP contribution in [0.1, 0.15) is 19.8 Å². The van der Waals surface area contributed by atoms with Gasteiger partial charge in [-0.25, -0.2) is 0 Å². The number of ether oxygens (including phenoxy) is 1. The first-order valence-corrected chi connectivity index (χ1v) is 8.47. The molecule has 1 aromatic rings. The van der Waals surface area contributed by atoms with Crippen molar-refractivity contribution in [3.8, 4) is 0 Å². The number of nitrogens with zero attached hydrogens (tertiary/aromatic N) is 2. The van der Waals surface area contributed by atoms with E-state index >= 15 is 0 Å². The second-order valence-corrected chi connectivity index (χ2v) is 6.02. The van der Waals surface area contributed by atoms with Gasteiger partial charge in [-0.1, -0.05) is 18.2 Å². The average molecular weight is 348 g/mol. The summed E-state index contributed by atoms with van der Waals surface area (Å²) < 4.78 is 5.05. The Balaban J connectivity index is 2.02. The molecule has 1 amide bonds. The number of rotatable bonds is 7. The summed E-state index contributed by atoms with van der Waals surface area (Å²) in [5.74, 6) is -1.76. The molecule has 0 unspecified atom stereocenters. The first-order chi connectivity index (χ1) is 12.0. The van der Waals surface area contributed by atoms with Crippen LogP contribution in [0.25, 0.3) is 0 Å². The zero-order chi connectivity index (χ0) is 18.2. The molecule has 1 aliphatic heterocycles. The molecule has 136 valence electrons. The van der Waals surface area contributed by atoms with Gasteiger partial charge in [0.1, 0.15) is 6.54 Å². The monoisotopic (exact) mass is 348 g/mol. The molecule has 1 atom stereocenters. The van der Waals surface area contributed by atoms with Crippen LogP contribution >= 0.6 is 0 Å². The Hall–Kier alpha value is -2.57. The molecule has 0 saturated carbocycles. The number of carbonyl (C=O) groups is 3. The number of likely N-dealkylation sites (tertiary alicyclic amines) is 1. The number of anilines is 1. The van der Waals surface area contributed by atoms with Gasteiger partial charge >= 0.3 is 11.9 Å². The smallest absolute Gasteiger partial charge is 0.323 e. The maximum atomic E-state index is 12.6. The molecule has 1 aliphatic rings. The summed E-state index contributed by atoms with van der Waals surface area (Å²) in [7, 11) is 0. The number of hydrogen-bond donors (Lipinski definition) is 1. The fraction of sp³-hybridized carbons (Fsp3) is 0.500. The Morgan fingerprint density at radius 1 is 1.24 bits per heavy atom. The highest BCUT2D eigenvalue weighted by Gasteiger charge is 2.30. The number of piperidine rings is 1. The normalized spacial score (nSPS) is 17.0. The van der Waals surface area contributed by atoms with E-state index in [1.165, 1.54) is 4.90 Å². The topological polar surface area (TPSA) is 87.2 Å². The van der Waals surface area contributed by atoms with Gasteiger partial charge in [-0.3, -0.25) is 14.4 Å². The average Bonchev–Trinajstić information content (AvgIpc) is 2.62. The van der Waals surface area contributed by atoms with Gasteiger partial charge in [0.25, 0.3) is 0 Å². The molecule has 2 rings (SSSR count). The van der Waals surface area contributed by atoms with E-state index in [-0.39, 0.29) is 30.9 Å².